The highest BCUT2D eigenvalue weighted by atomic mass is 16.5. The second-order valence-electron chi connectivity index (χ2n) is 8.79. The Bertz CT molecular complexity index is 1520. The molecule has 0 radical (unpaired) electrons. The van der Waals surface area contributed by atoms with E-state index >= 15 is 0 Å². The average Bonchev–Trinajstić information content (AvgIpc) is 2.91. The van der Waals surface area contributed by atoms with Gasteiger partial charge in [0.1, 0.15) is 29.4 Å². The van der Waals surface area contributed by atoms with E-state index < -0.39 is 5.97 Å². The van der Waals surface area contributed by atoms with Crippen LogP contribution in [0.1, 0.15) is 41.5 Å². The van der Waals surface area contributed by atoms with Crippen molar-refractivity contribution in [3.05, 3.63) is 83.2 Å². The Morgan fingerprint density at radius 2 is 1.63 bits per heavy atom. The van der Waals surface area contributed by atoms with Crippen molar-refractivity contribution in [1.82, 2.24) is 4.90 Å². The van der Waals surface area contributed by atoms with E-state index in [4.69, 9.17) is 14.1 Å². The number of aromatic hydroxyl groups is 2. The number of benzene rings is 3. The lowest BCUT2D eigenvalue weighted by Crippen LogP contribution is -2.27. The first-order chi connectivity index (χ1) is 18.3. The highest BCUT2D eigenvalue weighted by molar-refractivity contribution is 6.00. The van der Waals surface area contributed by atoms with E-state index in [-0.39, 0.29) is 22.8 Å². The highest BCUT2D eigenvalue weighted by Crippen LogP contribution is 2.29. The summed E-state index contributed by atoms with van der Waals surface area (Å²) in [6.07, 6.45) is 0. The van der Waals surface area contributed by atoms with Gasteiger partial charge < -0.3 is 24.3 Å². The van der Waals surface area contributed by atoms with E-state index in [1.54, 1.807) is 60.7 Å². The van der Waals surface area contributed by atoms with E-state index in [2.05, 4.69) is 18.7 Å². The van der Waals surface area contributed by atoms with Crippen molar-refractivity contribution in [2.45, 2.75) is 20.8 Å². The molecule has 2 N–H and O–H groups in total. The molecule has 4 aromatic rings. The average molecular weight is 515 g/mol. The summed E-state index contributed by atoms with van der Waals surface area (Å²) in [7, 11) is 0. The molecular formula is C30H30N2O6. The number of nitrogens with zero attached hydrogens (tertiary/aromatic N) is 2. The molecule has 0 aliphatic carbocycles. The quantitative estimate of drug-likeness (QED) is 0.226. The number of hydrogen-bond donors (Lipinski definition) is 2. The van der Waals surface area contributed by atoms with Crippen molar-refractivity contribution in [2.75, 3.05) is 26.2 Å². The van der Waals surface area contributed by atoms with E-state index in [9.17, 15) is 19.8 Å². The summed E-state index contributed by atoms with van der Waals surface area (Å²) >= 11 is 0. The van der Waals surface area contributed by atoms with Gasteiger partial charge in [0.05, 0.1) is 22.2 Å². The largest absolute Gasteiger partial charge is 0.508 e. The number of esters is 1. The van der Waals surface area contributed by atoms with E-state index in [0.29, 0.717) is 52.1 Å². The van der Waals surface area contributed by atoms with Crippen LogP contribution in [-0.4, -0.2) is 53.1 Å². The van der Waals surface area contributed by atoms with Gasteiger partial charge >= 0.3 is 5.97 Å². The van der Waals surface area contributed by atoms with Crippen molar-refractivity contribution >= 4 is 28.4 Å². The zero-order chi connectivity index (χ0) is 27.2. The first-order valence-corrected chi connectivity index (χ1v) is 12.4. The molecule has 0 atom stereocenters. The summed E-state index contributed by atoms with van der Waals surface area (Å²) < 4.78 is 11.4. The Balaban J connectivity index is 1.71. The number of rotatable bonds is 9. The first kappa shape index (κ1) is 26.6. The van der Waals surface area contributed by atoms with E-state index in [0.717, 1.165) is 13.1 Å². The Hall–Kier alpha value is -4.43. The number of carbonyl (C=O) groups is 2. The lowest BCUT2D eigenvalue weighted by atomic mass is 10.1. The van der Waals surface area contributed by atoms with Crippen molar-refractivity contribution in [3.63, 3.8) is 0 Å². The number of ketones is 1. The number of phenols is 2. The first-order valence-electron chi connectivity index (χ1n) is 12.4. The molecule has 196 valence electrons. The topological polar surface area (TPSA) is 113 Å². The molecule has 0 bridgehead atoms. The van der Waals surface area contributed by atoms with Gasteiger partial charge in [0.25, 0.3) is 0 Å². The fraction of sp³-hybridized carbons (Fsp3) is 0.233. The molecule has 0 aliphatic heterocycles. The lowest BCUT2D eigenvalue weighted by molar-refractivity contribution is 0.0466. The third-order valence-electron chi connectivity index (χ3n) is 6.28. The van der Waals surface area contributed by atoms with Crippen molar-refractivity contribution in [2.24, 2.45) is 4.99 Å². The number of phenolic OH excluding ortho intramolecular Hbond substituents is 2. The molecule has 3 aromatic carbocycles. The second kappa shape index (κ2) is 11.7. The number of likely N-dealkylation sites (N-methyl/N-ethyl adjacent to an activating group) is 1. The summed E-state index contributed by atoms with van der Waals surface area (Å²) in [5.74, 6) is -0.299. The summed E-state index contributed by atoms with van der Waals surface area (Å²) in [5, 5.41) is 21.1. The van der Waals surface area contributed by atoms with Gasteiger partial charge in [-0.2, -0.15) is 0 Å². The van der Waals surface area contributed by atoms with Crippen LogP contribution < -0.4 is 5.36 Å². The molecule has 1 aromatic heterocycles. The molecule has 0 amide bonds. The Morgan fingerprint density at radius 1 is 0.947 bits per heavy atom. The van der Waals surface area contributed by atoms with Crippen LogP contribution in [0.25, 0.3) is 22.3 Å². The minimum Gasteiger partial charge on any atom is -0.508 e. The summed E-state index contributed by atoms with van der Waals surface area (Å²) in [4.78, 5) is 31.4. The summed E-state index contributed by atoms with van der Waals surface area (Å²) in [5.41, 5.74) is 2.19. The fourth-order valence-electron chi connectivity index (χ4n) is 4.05. The van der Waals surface area contributed by atoms with Crippen LogP contribution in [0.4, 0.5) is 5.69 Å². The smallest absolute Gasteiger partial charge is 0.338 e. The molecular weight excluding hydrogens is 484 g/mol. The van der Waals surface area contributed by atoms with Gasteiger partial charge in [-0.1, -0.05) is 13.8 Å². The molecule has 0 spiro atoms. The van der Waals surface area contributed by atoms with Crippen molar-refractivity contribution in [3.8, 4) is 22.8 Å². The van der Waals surface area contributed by atoms with Gasteiger partial charge in [-0.25, -0.2) is 9.79 Å². The van der Waals surface area contributed by atoms with Crippen LogP contribution in [0.3, 0.4) is 0 Å². The van der Waals surface area contributed by atoms with Gasteiger partial charge in [-0.05, 0) is 74.6 Å². The zero-order valence-corrected chi connectivity index (χ0v) is 21.6. The van der Waals surface area contributed by atoms with Gasteiger partial charge in [0.2, 0.25) is 0 Å². The third-order valence-corrected chi connectivity index (χ3v) is 6.28. The molecule has 8 heteroatoms. The highest BCUT2D eigenvalue weighted by Gasteiger charge is 2.14. The van der Waals surface area contributed by atoms with E-state index in [1.165, 1.54) is 13.0 Å². The molecule has 0 aliphatic rings. The molecule has 1 heterocycles. The standard InChI is InChI=1S/C30H30N2O6/c1-4-32(5-2)14-15-37-30(36)21-6-10-22(11-7-21)31-26-17-28(20-8-12-23(34)13-9-20)38-29-18-27(35)24(19(3)33)16-25(26)29/h6-13,16-18,34-35H,4-5,14-15H2,1-3H3. The monoisotopic (exact) mass is 514 g/mol. The number of fused-ring (bicyclic) bond motifs is 1. The van der Waals surface area contributed by atoms with Crippen LogP contribution in [0.5, 0.6) is 11.5 Å². The molecule has 0 fully saturated rings. The van der Waals surface area contributed by atoms with Gasteiger partial charge in [-0.15, -0.1) is 0 Å². The van der Waals surface area contributed by atoms with Crippen LogP contribution in [0.15, 0.2) is 76.1 Å². The van der Waals surface area contributed by atoms with Gasteiger partial charge in [0, 0.05) is 29.6 Å². The predicted molar refractivity (Wildman–Crippen MR) is 145 cm³/mol. The minimum absolute atomic E-state index is 0.120. The van der Waals surface area contributed by atoms with Crippen LogP contribution in [-0.2, 0) is 4.74 Å². The Morgan fingerprint density at radius 3 is 2.26 bits per heavy atom. The lowest BCUT2D eigenvalue weighted by Gasteiger charge is -2.17. The summed E-state index contributed by atoms with van der Waals surface area (Å²) in [6.45, 7) is 8.29. The van der Waals surface area contributed by atoms with Crippen LogP contribution in [0.2, 0.25) is 0 Å². The Kier molecular flexibility index (Phi) is 8.23. The molecule has 0 unspecified atom stereocenters. The van der Waals surface area contributed by atoms with E-state index in [1.807, 2.05) is 0 Å². The van der Waals surface area contributed by atoms with Crippen LogP contribution in [0, 0.1) is 0 Å². The third kappa shape index (κ3) is 6.10. The number of ether oxygens (including phenoxy) is 1. The molecule has 38 heavy (non-hydrogen) atoms. The van der Waals surface area contributed by atoms with Crippen molar-refractivity contribution in [1.29, 1.82) is 0 Å². The molecule has 0 saturated carbocycles. The predicted octanol–water partition coefficient (Wildman–Crippen LogP) is 5.44. The minimum atomic E-state index is -0.399. The second-order valence-corrected chi connectivity index (χ2v) is 8.79. The normalized spacial score (nSPS) is 11.7. The maximum atomic E-state index is 12.4. The zero-order valence-electron chi connectivity index (χ0n) is 21.6. The SMILES string of the molecule is CCN(CC)CCOC(=O)c1ccc(N=c2cc(-c3ccc(O)cc3)oc3cc(O)c(C(C)=O)cc23)cc1. The van der Waals surface area contributed by atoms with Gasteiger partial charge in [-0.3, -0.25) is 4.79 Å². The molecule has 0 saturated heterocycles. The molecule has 8 nitrogen and oxygen atoms in total. The molecule has 4 rings (SSSR count). The maximum Gasteiger partial charge on any atom is 0.338 e. The number of Topliss-reactive ketones (excluding diaryl/α,β-unsaturated/α-hetero) is 1. The van der Waals surface area contributed by atoms with Gasteiger partial charge in [0.15, 0.2) is 5.78 Å². The van der Waals surface area contributed by atoms with Crippen LogP contribution >= 0.6 is 0 Å². The fourth-order valence-corrected chi connectivity index (χ4v) is 4.05. The Labute approximate surface area is 220 Å². The number of hydrogen-bond acceptors (Lipinski definition) is 8. The summed E-state index contributed by atoms with van der Waals surface area (Å²) in [6, 6.07) is 17.9. The maximum absolute atomic E-state index is 12.4. The van der Waals surface area contributed by atoms with Crippen molar-refractivity contribution < 1.29 is 29.0 Å². The number of carbonyl (C=O) groups excluding carboxylic acids is 2.